The van der Waals surface area contributed by atoms with Gasteiger partial charge in [0.25, 0.3) is 5.91 Å². The van der Waals surface area contributed by atoms with Crippen LogP contribution >= 0.6 is 33.9 Å². The van der Waals surface area contributed by atoms with E-state index >= 15 is 0 Å². The molecule has 0 saturated heterocycles. The molecule has 0 unspecified atom stereocenters. The first kappa shape index (κ1) is 16.2. The summed E-state index contributed by atoms with van der Waals surface area (Å²) in [7, 11) is 0. The van der Waals surface area contributed by atoms with Crippen LogP contribution in [0.2, 0.25) is 0 Å². The minimum atomic E-state index is -0.393. The van der Waals surface area contributed by atoms with E-state index in [2.05, 4.69) is 40.1 Å². The van der Waals surface area contributed by atoms with Gasteiger partial charge in [0, 0.05) is 14.0 Å². The number of phenols is 1. The van der Waals surface area contributed by atoms with Crippen molar-refractivity contribution < 1.29 is 9.90 Å². The van der Waals surface area contributed by atoms with Gasteiger partial charge in [-0.1, -0.05) is 6.92 Å². The van der Waals surface area contributed by atoms with Crippen molar-refractivity contribution in [3.8, 4) is 5.75 Å². The summed E-state index contributed by atoms with van der Waals surface area (Å²) in [4.78, 5) is 14.1. The Labute approximate surface area is 158 Å². The molecule has 0 radical (unpaired) electrons. The fraction of sp³-hybridized carbons (Fsp3) is 0.389. The Morgan fingerprint density at radius 1 is 1.33 bits per heavy atom. The zero-order valence-corrected chi connectivity index (χ0v) is 16.5. The summed E-state index contributed by atoms with van der Waals surface area (Å²) in [5.74, 6) is 0.891. The first-order valence-electron chi connectivity index (χ1n) is 8.15. The number of halogens is 1. The summed E-state index contributed by atoms with van der Waals surface area (Å²) in [6, 6.07) is 3.85. The van der Waals surface area contributed by atoms with Gasteiger partial charge in [0.2, 0.25) is 0 Å². The van der Waals surface area contributed by atoms with E-state index < -0.39 is 6.17 Å². The van der Waals surface area contributed by atoms with E-state index in [1.165, 1.54) is 10.4 Å². The average molecular weight is 454 g/mol. The molecule has 0 fully saturated rings. The van der Waals surface area contributed by atoms with Crippen LogP contribution in [0.25, 0.3) is 0 Å². The van der Waals surface area contributed by atoms with Crippen LogP contribution < -0.4 is 10.6 Å². The fourth-order valence-corrected chi connectivity index (χ4v) is 5.84. The van der Waals surface area contributed by atoms with Crippen LogP contribution in [0.5, 0.6) is 5.75 Å². The summed E-state index contributed by atoms with van der Waals surface area (Å²) >= 11 is 3.93. The number of aromatic hydroxyl groups is 1. The van der Waals surface area contributed by atoms with E-state index in [9.17, 15) is 9.90 Å². The molecule has 2 heterocycles. The maximum atomic E-state index is 12.7. The topological polar surface area (TPSA) is 61.4 Å². The molecular weight excluding hydrogens is 435 g/mol. The molecular formula is C18H19IN2O2S. The molecule has 2 atom stereocenters. The maximum Gasteiger partial charge on any atom is 0.256 e. The zero-order valence-electron chi connectivity index (χ0n) is 13.6. The Balaban J connectivity index is 1.74. The summed E-state index contributed by atoms with van der Waals surface area (Å²) in [6.45, 7) is 4.15. The lowest BCUT2D eigenvalue weighted by atomic mass is 9.88. The van der Waals surface area contributed by atoms with Gasteiger partial charge in [0.15, 0.2) is 0 Å². The van der Waals surface area contributed by atoms with Crippen LogP contribution in [0.4, 0.5) is 5.00 Å². The van der Waals surface area contributed by atoms with Gasteiger partial charge < -0.3 is 15.7 Å². The van der Waals surface area contributed by atoms with Gasteiger partial charge in [-0.3, -0.25) is 4.79 Å². The second-order valence-corrected chi connectivity index (χ2v) is 9.12. The van der Waals surface area contributed by atoms with Gasteiger partial charge in [0.05, 0.1) is 5.56 Å². The molecule has 0 spiro atoms. The summed E-state index contributed by atoms with van der Waals surface area (Å²) in [5.41, 5.74) is 3.58. The Kier molecular flexibility index (Phi) is 3.99. The van der Waals surface area contributed by atoms with Gasteiger partial charge in [0.1, 0.15) is 16.9 Å². The predicted molar refractivity (Wildman–Crippen MR) is 105 cm³/mol. The van der Waals surface area contributed by atoms with Crippen molar-refractivity contribution >= 4 is 44.8 Å². The molecule has 2 aliphatic rings. The number of thiophene rings is 1. The predicted octanol–water partition coefficient (Wildman–Crippen LogP) is 4.35. The smallest absolute Gasteiger partial charge is 0.256 e. The molecule has 0 bridgehead atoms. The van der Waals surface area contributed by atoms with Gasteiger partial charge in [-0.15, -0.1) is 11.3 Å². The third kappa shape index (κ3) is 2.60. The van der Waals surface area contributed by atoms with Gasteiger partial charge in [-0.2, -0.15) is 0 Å². The van der Waals surface area contributed by atoms with Crippen molar-refractivity contribution in [2.24, 2.45) is 5.92 Å². The normalized spacial score (nSPS) is 22.4. The second-order valence-electron chi connectivity index (χ2n) is 6.77. The Morgan fingerprint density at radius 2 is 2.12 bits per heavy atom. The molecule has 1 aliphatic heterocycles. The molecule has 24 heavy (non-hydrogen) atoms. The minimum absolute atomic E-state index is 0.0308. The Morgan fingerprint density at radius 3 is 2.92 bits per heavy atom. The molecule has 1 aliphatic carbocycles. The van der Waals surface area contributed by atoms with Crippen LogP contribution in [-0.4, -0.2) is 11.0 Å². The first-order chi connectivity index (χ1) is 11.4. The maximum absolute atomic E-state index is 12.7. The van der Waals surface area contributed by atoms with E-state index in [1.54, 1.807) is 11.3 Å². The number of phenolic OH excluding ortho intramolecular Hbond substituents is 1. The SMILES string of the molecule is Cc1cc(I)cc([C@H]2NC(=O)c3c(sc4c3CC[C@H](C)C4)N2)c1O. The molecule has 4 rings (SSSR count). The number of aryl methyl sites for hydroxylation is 1. The molecule has 6 heteroatoms. The van der Waals surface area contributed by atoms with Gasteiger partial charge >= 0.3 is 0 Å². The lowest BCUT2D eigenvalue weighted by Crippen LogP contribution is -2.38. The molecule has 1 aromatic carbocycles. The van der Waals surface area contributed by atoms with Crippen molar-refractivity contribution in [1.82, 2.24) is 5.32 Å². The monoisotopic (exact) mass is 454 g/mol. The lowest BCUT2D eigenvalue weighted by molar-refractivity contribution is 0.0935. The molecule has 1 amide bonds. The van der Waals surface area contributed by atoms with E-state index in [4.69, 9.17) is 0 Å². The van der Waals surface area contributed by atoms with Crippen molar-refractivity contribution in [3.05, 3.63) is 42.8 Å². The molecule has 3 N–H and O–H groups in total. The van der Waals surface area contributed by atoms with E-state index in [1.807, 2.05) is 19.1 Å². The number of anilines is 1. The Bertz CT molecular complexity index is 846. The fourth-order valence-electron chi connectivity index (χ4n) is 3.60. The molecule has 0 saturated carbocycles. The highest BCUT2D eigenvalue weighted by atomic mass is 127. The highest BCUT2D eigenvalue weighted by Gasteiger charge is 2.34. The number of fused-ring (bicyclic) bond motifs is 3. The van der Waals surface area contributed by atoms with Crippen LogP contribution in [0.3, 0.4) is 0 Å². The zero-order chi connectivity index (χ0) is 17.0. The van der Waals surface area contributed by atoms with Crippen LogP contribution in [0.15, 0.2) is 12.1 Å². The van der Waals surface area contributed by atoms with E-state index in [-0.39, 0.29) is 11.7 Å². The Hall–Kier alpha value is -1.28. The number of benzene rings is 1. The largest absolute Gasteiger partial charge is 0.507 e. The van der Waals surface area contributed by atoms with Crippen molar-refractivity contribution in [3.63, 3.8) is 0 Å². The number of rotatable bonds is 1. The van der Waals surface area contributed by atoms with Gasteiger partial charge in [-0.05, 0) is 78.0 Å². The van der Waals surface area contributed by atoms with Crippen LogP contribution in [-0.2, 0) is 12.8 Å². The second kappa shape index (κ2) is 5.91. The highest BCUT2D eigenvalue weighted by molar-refractivity contribution is 14.1. The average Bonchev–Trinajstić information content (AvgIpc) is 2.88. The first-order valence-corrected chi connectivity index (χ1v) is 10.0. The number of amides is 1. The molecule has 2 aromatic rings. The number of carbonyl (C=O) groups excluding carboxylic acids is 1. The van der Waals surface area contributed by atoms with Crippen molar-refractivity contribution in [1.29, 1.82) is 0 Å². The molecule has 126 valence electrons. The quantitative estimate of drug-likeness (QED) is 0.562. The van der Waals surface area contributed by atoms with Crippen molar-refractivity contribution in [2.75, 3.05) is 5.32 Å². The number of hydrogen-bond acceptors (Lipinski definition) is 4. The third-order valence-corrected chi connectivity index (χ3v) is 6.70. The lowest BCUT2D eigenvalue weighted by Gasteiger charge is -2.28. The molecule has 4 nitrogen and oxygen atoms in total. The number of nitrogens with one attached hydrogen (secondary N) is 2. The van der Waals surface area contributed by atoms with Crippen LogP contribution in [0.1, 0.15) is 51.4 Å². The van der Waals surface area contributed by atoms with E-state index in [0.29, 0.717) is 5.92 Å². The summed E-state index contributed by atoms with van der Waals surface area (Å²) in [5, 5.41) is 17.8. The number of hydrogen-bond donors (Lipinski definition) is 3. The van der Waals surface area contributed by atoms with Crippen molar-refractivity contribution in [2.45, 2.75) is 39.3 Å². The highest BCUT2D eigenvalue weighted by Crippen LogP contribution is 2.43. The molecule has 1 aromatic heterocycles. The standard InChI is InChI=1S/C18H19IN2O2S/c1-8-3-4-11-13(5-8)24-18-14(11)17(23)20-16(21-18)12-7-10(19)6-9(2)15(12)22/h6-8,16,21-22H,3-5H2,1-2H3,(H,20,23)/t8-,16-/m0/s1. The van der Waals surface area contributed by atoms with Crippen LogP contribution in [0, 0.1) is 16.4 Å². The van der Waals surface area contributed by atoms with E-state index in [0.717, 1.165) is 44.5 Å². The summed E-state index contributed by atoms with van der Waals surface area (Å²) < 4.78 is 1.04. The third-order valence-electron chi connectivity index (χ3n) is 4.90. The minimum Gasteiger partial charge on any atom is -0.507 e. The van der Waals surface area contributed by atoms with Gasteiger partial charge in [-0.25, -0.2) is 0 Å². The number of carbonyl (C=O) groups is 1. The summed E-state index contributed by atoms with van der Waals surface area (Å²) in [6.07, 6.45) is 2.79.